The zero-order valence-electron chi connectivity index (χ0n) is 13.5. The minimum absolute atomic E-state index is 0.150. The van der Waals surface area contributed by atoms with Gasteiger partial charge in [-0.25, -0.2) is 9.18 Å². The third kappa shape index (κ3) is 2.12. The van der Waals surface area contributed by atoms with Crippen LogP contribution < -0.4 is 0 Å². The maximum Gasteiger partial charge on any atom is 0.331 e. The molecule has 5 heteroatoms. The van der Waals surface area contributed by atoms with Crippen molar-refractivity contribution in [1.82, 2.24) is 9.80 Å². The fourth-order valence-corrected chi connectivity index (χ4v) is 6.00. The highest BCUT2D eigenvalue weighted by Crippen LogP contribution is 2.51. The number of esters is 1. The van der Waals surface area contributed by atoms with Gasteiger partial charge in [-0.3, -0.25) is 9.80 Å². The molecule has 4 heterocycles. The standard InChI is InChI=1S/C18H25FN2O2/c19-13-4-6-20(11-13)14-7-12-8-17(22)23-18(9-12)10-15(14)21-5-2-1-3-16(18)21/h8,13-16H,1-7,9-11H2. The van der Waals surface area contributed by atoms with Crippen LogP contribution in [0.25, 0.3) is 0 Å². The average molecular weight is 320 g/mol. The minimum atomic E-state index is -0.683. The number of rotatable bonds is 1. The van der Waals surface area contributed by atoms with Crippen molar-refractivity contribution >= 4 is 5.97 Å². The van der Waals surface area contributed by atoms with E-state index in [2.05, 4.69) is 9.80 Å². The van der Waals surface area contributed by atoms with Crippen LogP contribution in [0.4, 0.5) is 4.39 Å². The van der Waals surface area contributed by atoms with E-state index in [9.17, 15) is 9.18 Å². The second kappa shape index (κ2) is 5.03. The van der Waals surface area contributed by atoms with E-state index in [1.54, 1.807) is 6.08 Å². The van der Waals surface area contributed by atoms with Gasteiger partial charge in [0.1, 0.15) is 11.8 Å². The normalized spacial score (nSPS) is 47.0. The summed E-state index contributed by atoms with van der Waals surface area (Å²) in [6.07, 6.45) is 8.05. The molecular formula is C18H25FN2O2. The molecule has 1 spiro atoms. The number of hydrogen-bond acceptors (Lipinski definition) is 4. The lowest BCUT2D eigenvalue weighted by Crippen LogP contribution is -2.55. The lowest BCUT2D eigenvalue weighted by atomic mass is 9.82. The van der Waals surface area contributed by atoms with Crippen LogP contribution in [-0.4, -0.2) is 65.3 Å². The van der Waals surface area contributed by atoms with Gasteiger partial charge < -0.3 is 4.74 Å². The first-order valence-corrected chi connectivity index (χ1v) is 9.21. The summed E-state index contributed by atoms with van der Waals surface area (Å²) in [5, 5.41) is 0. The van der Waals surface area contributed by atoms with E-state index >= 15 is 0 Å². The molecule has 4 nitrogen and oxygen atoms in total. The van der Waals surface area contributed by atoms with Gasteiger partial charge >= 0.3 is 5.97 Å². The molecule has 4 fully saturated rings. The Morgan fingerprint density at radius 2 is 2.13 bits per heavy atom. The van der Waals surface area contributed by atoms with E-state index in [1.807, 2.05) is 0 Å². The Morgan fingerprint density at radius 3 is 2.96 bits per heavy atom. The number of piperidine rings is 1. The number of halogens is 1. The maximum atomic E-state index is 13.8. The fraction of sp³-hybridized carbons (Fsp3) is 0.833. The molecule has 0 aromatic carbocycles. The highest BCUT2D eigenvalue weighted by atomic mass is 19.1. The van der Waals surface area contributed by atoms with Crippen molar-refractivity contribution in [3.63, 3.8) is 0 Å². The molecule has 5 unspecified atom stereocenters. The summed E-state index contributed by atoms with van der Waals surface area (Å²) in [7, 11) is 0. The van der Waals surface area contributed by atoms with Crippen molar-refractivity contribution < 1.29 is 13.9 Å². The van der Waals surface area contributed by atoms with E-state index in [1.165, 1.54) is 18.4 Å². The fourth-order valence-electron chi connectivity index (χ4n) is 6.00. The largest absolute Gasteiger partial charge is 0.454 e. The summed E-state index contributed by atoms with van der Waals surface area (Å²) in [6.45, 7) is 2.53. The summed E-state index contributed by atoms with van der Waals surface area (Å²) >= 11 is 0. The van der Waals surface area contributed by atoms with E-state index in [4.69, 9.17) is 4.74 Å². The molecule has 1 saturated carbocycles. The Morgan fingerprint density at radius 1 is 1.22 bits per heavy atom. The zero-order chi connectivity index (χ0) is 15.6. The van der Waals surface area contributed by atoms with Crippen LogP contribution in [0.3, 0.4) is 0 Å². The van der Waals surface area contributed by atoms with Crippen LogP contribution in [-0.2, 0) is 9.53 Å². The Bertz CT molecular complexity index is 565. The Kier molecular flexibility index (Phi) is 3.15. The van der Waals surface area contributed by atoms with Crippen molar-refractivity contribution in [3.8, 4) is 0 Å². The van der Waals surface area contributed by atoms with Crippen LogP contribution in [0, 0.1) is 0 Å². The zero-order valence-corrected chi connectivity index (χ0v) is 13.5. The van der Waals surface area contributed by atoms with E-state index in [0.717, 1.165) is 38.8 Å². The van der Waals surface area contributed by atoms with Gasteiger partial charge in [0.05, 0.1) is 6.04 Å². The highest BCUT2D eigenvalue weighted by molar-refractivity contribution is 5.84. The Balaban J connectivity index is 1.54. The number of nitrogens with zero attached hydrogens (tertiary/aromatic N) is 2. The smallest absolute Gasteiger partial charge is 0.331 e. The van der Waals surface area contributed by atoms with Crippen LogP contribution in [0.1, 0.15) is 44.9 Å². The number of fused-ring (bicyclic) bond motifs is 4. The lowest BCUT2D eigenvalue weighted by molar-refractivity contribution is -0.159. The van der Waals surface area contributed by atoms with Crippen molar-refractivity contribution in [3.05, 3.63) is 11.6 Å². The number of likely N-dealkylation sites (tertiary alicyclic amines) is 1. The molecular weight excluding hydrogens is 295 g/mol. The SMILES string of the molecule is O=C1C=C2CC(N3CCC(F)C3)C3CC(C2)(O1)C1CCCCN31. The first-order chi connectivity index (χ1) is 11.1. The molecule has 0 aromatic heterocycles. The summed E-state index contributed by atoms with van der Waals surface area (Å²) in [5.41, 5.74) is 0.942. The molecule has 0 amide bonds. The van der Waals surface area contributed by atoms with Gasteiger partial charge in [-0.15, -0.1) is 0 Å². The molecule has 23 heavy (non-hydrogen) atoms. The van der Waals surface area contributed by atoms with Crippen LogP contribution in [0.5, 0.6) is 0 Å². The van der Waals surface area contributed by atoms with Crippen molar-refractivity contribution in [2.45, 2.75) is 74.8 Å². The predicted molar refractivity (Wildman–Crippen MR) is 83.8 cm³/mol. The number of carbonyl (C=O) groups is 1. The second-order valence-corrected chi connectivity index (χ2v) is 8.14. The third-order valence-electron chi connectivity index (χ3n) is 6.83. The lowest BCUT2D eigenvalue weighted by Gasteiger charge is -2.46. The highest BCUT2D eigenvalue weighted by Gasteiger charge is 2.60. The first-order valence-electron chi connectivity index (χ1n) is 9.21. The Hall–Kier alpha value is -0.940. The van der Waals surface area contributed by atoms with Gasteiger partial charge in [-0.1, -0.05) is 12.0 Å². The molecule has 4 aliphatic heterocycles. The quantitative estimate of drug-likeness (QED) is 0.692. The maximum absolute atomic E-state index is 13.8. The summed E-state index contributed by atoms with van der Waals surface area (Å²) in [6, 6.07) is 1.14. The molecule has 3 bridgehead atoms. The predicted octanol–water partition coefficient (Wildman–Crippen LogP) is 2.04. The second-order valence-electron chi connectivity index (χ2n) is 8.14. The molecule has 5 aliphatic rings. The van der Waals surface area contributed by atoms with Crippen LogP contribution >= 0.6 is 0 Å². The molecule has 0 N–H and O–H groups in total. The molecule has 1 aliphatic carbocycles. The van der Waals surface area contributed by atoms with Gasteiger partial charge in [0, 0.05) is 44.1 Å². The first kappa shape index (κ1) is 14.4. The summed E-state index contributed by atoms with van der Waals surface area (Å²) in [5.74, 6) is -0.150. The summed E-state index contributed by atoms with van der Waals surface area (Å²) in [4.78, 5) is 17.1. The topological polar surface area (TPSA) is 32.8 Å². The third-order valence-corrected chi connectivity index (χ3v) is 6.83. The van der Waals surface area contributed by atoms with Gasteiger partial charge in [0.15, 0.2) is 0 Å². The monoisotopic (exact) mass is 320 g/mol. The number of ether oxygens (including phenoxy) is 1. The van der Waals surface area contributed by atoms with Gasteiger partial charge in [-0.2, -0.15) is 0 Å². The van der Waals surface area contributed by atoms with Gasteiger partial charge in [-0.05, 0) is 32.2 Å². The Labute approximate surface area is 136 Å². The van der Waals surface area contributed by atoms with E-state index in [0.29, 0.717) is 31.1 Å². The molecule has 126 valence electrons. The average Bonchev–Trinajstić information content (AvgIpc) is 3.04. The van der Waals surface area contributed by atoms with Crippen molar-refractivity contribution in [1.29, 1.82) is 0 Å². The molecule has 0 radical (unpaired) electrons. The molecule has 5 rings (SSSR count). The summed E-state index contributed by atoms with van der Waals surface area (Å²) < 4.78 is 19.8. The number of carbonyl (C=O) groups excluding carboxylic acids is 1. The van der Waals surface area contributed by atoms with E-state index < -0.39 is 6.17 Å². The van der Waals surface area contributed by atoms with Crippen LogP contribution in [0.2, 0.25) is 0 Å². The minimum Gasteiger partial charge on any atom is -0.454 e. The van der Waals surface area contributed by atoms with Gasteiger partial charge in [0.25, 0.3) is 0 Å². The van der Waals surface area contributed by atoms with Crippen molar-refractivity contribution in [2.75, 3.05) is 19.6 Å². The molecule has 0 aromatic rings. The number of hydrogen-bond donors (Lipinski definition) is 0. The number of alkyl halides is 1. The van der Waals surface area contributed by atoms with Crippen LogP contribution in [0.15, 0.2) is 11.6 Å². The molecule has 3 saturated heterocycles. The van der Waals surface area contributed by atoms with Gasteiger partial charge in [0.2, 0.25) is 0 Å². The molecule has 5 atom stereocenters. The van der Waals surface area contributed by atoms with E-state index in [-0.39, 0.29) is 11.6 Å². The van der Waals surface area contributed by atoms with Crippen molar-refractivity contribution in [2.24, 2.45) is 0 Å².